The molecule has 1 amide bonds. The molecule has 0 N–H and O–H groups in total. The first kappa shape index (κ1) is 20.6. The lowest BCUT2D eigenvalue weighted by Gasteiger charge is -2.13. The van der Waals surface area contributed by atoms with Crippen LogP contribution in [0.1, 0.15) is 19.4 Å². The maximum atomic E-state index is 12.8. The van der Waals surface area contributed by atoms with Crippen LogP contribution in [0.4, 0.5) is 5.69 Å². The van der Waals surface area contributed by atoms with Crippen LogP contribution >= 0.6 is 23.4 Å². The standard InChI is InChI=1S/C21H23ClN2O3S/c1-4-24-20(25)19(13-14-6-11-18(26-3)17(22)12-14)28-21(24)23-15-7-9-16(10-8-15)27-5-2/h6-12,19H,4-5,13H2,1-3H3/t19-/m1/s1. The molecule has 5 nitrogen and oxygen atoms in total. The molecular formula is C21H23ClN2O3S. The lowest BCUT2D eigenvalue weighted by molar-refractivity contribution is -0.126. The minimum absolute atomic E-state index is 0.0733. The Balaban J connectivity index is 1.77. The number of rotatable bonds is 7. The van der Waals surface area contributed by atoms with Gasteiger partial charge in [0.1, 0.15) is 11.5 Å². The second-order valence-corrected chi connectivity index (χ2v) is 7.76. The molecule has 0 unspecified atom stereocenters. The van der Waals surface area contributed by atoms with E-state index in [0.717, 1.165) is 22.2 Å². The summed E-state index contributed by atoms with van der Waals surface area (Å²) in [4.78, 5) is 19.3. The van der Waals surface area contributed by atoms with Crippen molar-refractivity contribution in [1.29, 1.82) is 0 Å². The molecule has 1 heterocycles. The third-order valence-corrected chi connectivity index (χ3v) is 5.82. The summed E-state index contributed by atoms with van der Waals surface area (Å²) in [6, 6.07) is 13.2. The normalized spacial score (nSPS) is 18.0. The zero-order valence-corrected chi connectivity index (χ0v) is 17.7. The van der Waals surface area contributed by atoms with Gasteiger partial charge in [-0.3, -0.25) is 9.69 Å². The van der Waals surface area contributed by atoms with Crippen molar-refractivity contribution in [1.82, 2.24) is 4.90 Å². The van der Waals surface area contributed by atoms with Crippen LogP contribution in [0.2, 0.25) is 5.02 Å². The van der Waals surface area contributed by atoms with Gasteiger partial charge in [0.05, 0.1) is 29.7 Å². The molecule has 3 rings (SSSR count). The number of benzene rings is 2. The Hall–Kier alpha value is -2.18. The zero-order valence-electron chi connectivity index (χ0n) is 16.1. The van der Waals surface area contributed by atoms with E-state index in [2.05, 4.69) is 4.99 Å². The number of nitrogens with zero attached hydrogens (tertiary/aromatic N) is 2. The van der Waals surface area contributed by atoms with Crippen LogP contribution < -0.4 is 9.47 Å². The van der Waals surface area contributed by atoms with Crippen LogP contribution in [0.15, 0.2) is 47.5 Å². The third-order valence-electron chi connectivity index (χ3n) is 4.35. The molecule has 1 fully saturated rings. The first-order chi connectivity index (χ1) is 13.5. The molecule has 1 saturated heterocycles. The van der Waals surface area contributed by atoms with Crippen molar-refractivity contribution in [3.8, 4) is 11.5 Å². The molecule has 0 aliphatic carbocycles. The number of hydrogen-bond acceptors (Lipinski definition) is 5. The Labute approximate surface area is 174 Å². The first-order valence-corrected chi connectivity index (χ1v) is 10.4. The van der Waals surface area contributed by atoms with Gasteiger partial charge in [-0.25, -0.2) is 4.99 Å². The van der Waals surface area contributed by atoms with Gasteiger partial charge >= 0.3 is 0 Å². The van der Waals surface area contributed by atoms with E-state index in [4.69, 9.17) is 21.1 Å². The summed E-state index contributed by atoms with van der Waals surface area (Å²) in [7, 11) is 1.58. The molecule has 0 bridgehead atoms. The fourth-order valence-corrected chi connectivity index (χ4v) is 4.50. The second-order valence-electron chi connectivity index (χ2n) is 6.18. The number of aliphatic imine (C=N–C) groups is 1. The van der Waals surface area contributed by atoms with Crippen LogP contribution in [-0.4, -0.2) is 41.5 Å². The fraction of sp³-hybridized carbons (Fsp3) is 0.333. The lowest BCUT2D eigenvalue weighted by Crippen LogP contribution is -2.32. The van der Waals surface area contributed by atoms with Gasteiger partial charge in [0, 0.05) is 6.54 Å². The highest BCUT2D eigenvalue weighted by Gasteiger charge is 2.37. The first-order valence-electron chi connectivity index (χ1n) is 9.17. The zero-order chi connectivity index (χ0) is 20.1. The number of ether oxygens (including phenoxy) is 2. The van der Waals surface area contributed by atoms with Crippen LogP contribution in [0, 0.1) is 0 Å². The van der Waals surface area contributed by atoms with Crippen molar-refractivity contribution in [2.75, 3.05) is 20.3 Å². The number of methoxy groups -OCH3 is 1. The summed E-state index contributed by atoms with van der Waals surface area (Å²) in [6.07, 6.45) is 0.589. The molecule has 1 aliphatic heterocycles. The second kappa shape index (κ2) is 9.34. The fourth-order valence-electron chi connectivity index (χ4n) is 2.96. The molecule has 0 radical (unpaired) electrons. The Morgan fingerprint density at radius 2 is 1.93 bits per heavy atom. The Morgan fingerprint density at radius 3 is 2.54 bits per heavy atom. The van der Waals surface area contributed by atoms with Crippen molar-refractivity contribution in [3.63, 3.8) is 0 Å². The summed E-state index contributed by atoms with van der Waals surface area (Å²) in [5, 5.41) is 1.05. The number of amides is 1. The van der Waals surface area contributed by atoms with E-state index in [1.54, 1.807) is 12.0 Å². The minimum Gasteiger partial charge on any atom is -0.495 e. The average molecular weight is 419 g/mol. The number of amidine groups is 1. The Morgan fingerprint density at radius 1 is 1.18 bits per heavy atom. The largest absolute Gasteiger partial charge is 0.495 e. The molecule has 7 heteroatoms. The summed E-state index contributed by atoms with van der Waals surface area (Å²) < 4.78 is 10.7. The number of hydrogen-bond donors (Lipinski definition) is 0. The van der Waals surface area contributed by atoms with Gasteiger partial charge in [-0.2, -0.15) is 0 Å². The topological polar surface area (TPSA) is 51.1 Å². The summed E-state index contributed by atoms with van der Waals surface area (Å²) >= 11 is 7.71. The highest BCUT2D eigenvalue weighted by Crippen LogP contribution is 2.33. The SMILES string of the molecule is CCOc1ccc(N=C2S[C@H](Cc3ccc(OC)c(Cl)c3)C(=O)N2CC)cc1. The summed E-state index contributed by atoms with van der Waals surface area (Å²) in [5.74, 6) is 1.51. The van der Waals surface area contributed by atoms with Crippen molar-refractivity contribution in [2.45, 2.75) is 25.5 Å². The van der Waals surface area contributed by atoms with Gasteiger partial charge in [0.25, 0.3) is 0 Å². The average Bonchev–Trinajstić information content (AvgIpc) is 2.98. The highest BCUT2D eigenvalue weighted by atomic mass is 35.5. The third kappa shape index (κ3) is 4.62. The van der Waals surface area contributed by atoms with E-state index in [-0.39, 0.29) is 11.2 Å². The Bertz CT molecular complexity index is 870. The molecule has 1 atom stereocenters. The highest BCUT2D eigenvalue weighted by molar-refractivity contribution is 8.15. The van der Waals surface area contributed by atoms with E-state index < -0.39 is 0 Å². The van der Waals surface area contributed by atoms with Gasteiger partial charge in [-0.1, -0.05) is 29.4 Å². The van der Waals surface area contributed by atoms with Crippen LogP contribution in [-0.2, 0) is 11.2 Å². The van der Waals surface area contributed by atoms with Crippen molar-refractivity contribution in [2.24, 2.45) is 4.99 Å². The van der Waals surface area contributed by atoms with E-state index in [1.807, 2.05) is 56.3 Å². The minimum atomic E-state index is -0.217. The quantitative estimate of drug-likeness (QED) is 0.638. The molecular weight excluding hydrogens is 396 g/mol. The maximum Gasteiger partial charge on any atom is 0.242 e. The molecule has 28 heavy (non-hydrogen) atoms. The monoisotopic (exact) mass is 418 g/mol. The van der Waals surface area contributed by atoms with Crippen molar-refractivity contribution < 1.29 is 14.3 Å². The number of carbonyl (C=O) groups excluding carboxylic acids is 1. The Kier molecular flexibility index (Phi) is 6.86. The van der Waals surface area contributed by atoms with Crippen LogP contribution in [0.25, 0.3) is 0 Å². The molecule has 0 aromatic heterocycles. The lowest BCUT2D eigenvalue weighted by atomic mass is 10.1. The molecule has 0 saturated carbocycles. The molecule has 2 aromatic rings. The van der Waals surface area contributed by atoms with E-state index in [1.165, 1.54) is 11.8 Å². The van der Waals surface area contributed by atoms with Gasteiger partial charge in [-0.05, 0) is 62.2 Å². The van der Waals surface area contributed by atoms with Gasteiger partial charge in [-0.15, -0.1) is 0 Å². The number of halogens is 1. The van der Waals surface area contributed by atoms with Crippen molar-refractivity contribution in [3.05, 3.63) is 53.1 Å². The number of thioether (sulfide) groups is 1. The van der Waals surface area contributed by atoms with E-state index in [9.17, 15) is 4.79 Å². The molecule has 0 spiro atoms. The summed E-state index contributed by atoms with van der Waals surface area (Å²) in [5.41, 5.74) is 1.79. The predicted molar refractivity (Wildman–Crippen MR) is 115 cm³/mol. The smallest absolute Gasteiger partial charge is 0.242 e. The summed E-state index contributed by atoms with van der Waals surface area (Å²) in [6.45, 7) is 5.11. The van der Waals surface area contributed by atoms with Crippen molar-refractivity contribution >= 4 is 40.1 Å². The van der Waals surface area contributed by atoms with Gasteiger partial charge in [0.2, 0.25) is 5.91 Å². The van der Waals surface area contributed by atoms with Gasteiger partial charge in [0.15, 0.2) is 5.17 Å². The van der Waals surface area contributed by atoms with E-state index >= 15 is 0 Å². The molecule has 1 aliphatic rings. The van der Waals surface area contributed by atoms with E-state index in [0.29, 0.717) is 30.3 Å². The molecule has 2 aromatic carbocycles. The van der Waals surface area contributed by atoms with Gasteiger partial charge < -0.3 is 9.47 Å². The van der Waals surface area contributed by atoms with Crippen LogP contribution in [0.3, 0.4) is 0 Å². The maximum absolute atomic E-state index is 12.8. The predicted octanol–water partition coefficient (Wildman–Crippen LogP) is 4.94. The van der Waals surface area contributed by atoms with Crippen LogP contribution in [0.5, 0.6) is 11.5 Å². The molecule has 148 valence electrons. The number of carbonyl (C=O) groups is 1.